The SMILES string of the molecule is Cc1csc(C(C)Nc2nccc(N)n2)n1. The van der Waals surface area contributed by atoms with Gasteiger partial charge in [-0.05, 0) is 19.9 Å². The van der Waals surface area contributed by atoms with E-state index in [0.717, 1.165) is 10.7 Å². The number of rotatable bonds is 3. The molecule has 3 N–H and O–H groups in total. The molecule has 0 aliphatic rings. The van der Waals surface area contributed by atoms with E-state index >= 15 is 0 Å². The molecule has 0 amide bonds. The van der Waals surface area contributed by atoms with Crippen LogP contribution in [0.5, 0.6) is 0 Å². The van der Waals surface area contributed by atoms with Crippen LogP contribution in [-0.2, 0) is 0 Å². The summed E-state index contributed by atoms with van der Waals surface area (Å²) in [5.41, 5.74) is 6.60. The molecule has 2 rings (SSSR count). The van der Waals surface area contributed by atoms with E-state index in [1.807, 2.05) is 19.2 Å². The van der Waals surface area contributed by atoms with E-state index in [2.05, 4.69) is 20.3 Å². The molecule has 0 saturated carbocycles. The standard InChI is InChI=1S/C10H13N5S/c1-6-5-16-9(13-6)7(2)14-10-12-4-3-8(11)15-10/h3-5,7H,1-2H3,(H3,11,12,14,15). The minimum atomic E-state index is 0.0838. The Kier molecular flexibility index (Phi) is 3.00. The third kappa shape index (κ3) is 2.46. The highest BCUT2D eigenvalue weighted by atomic mass is 32.1. The quantitative estimate of drug-likeness (QED) is 0.850. The second kappa shape index (κ2) is 4.44. The van der Waals surface area contributed by atoms with Gasteiger partial charge in [0.2, 0.25) is 5.95 Å². The summed E-state index contributed by atoms with van der Waals surface area (Å²) in [6.07, 6.45) is 1.63. The van der Waals surface area contributed by atoms with E-state index in [-0.39, 0.29) is 6.04 Å². The molecule has 84 valence electrons. The lowest BCUT2D eigenvalue weighted by Crippen LogP contribution is -2.09. The molecule has 0 saturated heterocycles. The average molecular weight is 235 g/mol. The zero-order valence-corrected chi connectivity index (χ0v) is 9.95. The van der Waals surface area contributed by atoms with E-state index in [9.17, 15) is 0 Å². The Hall–Kier alpha value is -1.69. The molecule has 0 aromatic carbocycles. The monoisotopic (exact) mass is 235 g/mol. The zero-order valence-electron chi connectivity index (χ0n) is 9.14. The number of hydrogen-bond donors (Lipinski definition) is 2. The predicted molar refractivity (Wildman–Crippen MR) is 65.3 cm³/mol. The summed E-state index contributed by atoms with van der Waals surface area (Å²) >= 11 is 1.62. The Balaban J connectivity index is 2.10. The summed E-state index contributed by atoms with van der Waals surface area (Å²) in [6, 6.07) is 1.74. The molecule has 0 bridgehead atoms. The first-order valence-corrected chi connectivity index (χ1v) is 5.80. The number of thiazole rings is 1. The van der Waals surface area contributed by atoms with Gasteiger partial charge in [-0.15, -0.1) is 11.3 Å². The average Bonchev–Trinajstić information content (AvgIpc) is 2.65. The smallest absolute Gasteiger partial charge is 0.225 e. The highest BCUT2D eigenvalue weighted by Gasteiger charge is 2.10. The van der Waals surface area contributed by atoms with Crippen LogP contribution in [0.2, 0.25) is 0 Å². The van der Waals surface area contributed by atoms with Crippen LogP contribution in [-0.4, -0.2) is 15.0 Å². The maximum absolute atomic E-state index is 5.57. The van der Waals surface area contributed by atoms with Gasteiger partial charge in [0.05, 0.1) is 6.04 Å². The molecular formula is C10H13N5S. The fourth-order valence-electron chi connectivity index (χ4n) is 1.27. The third-order valence-electron chi connectivity index (χ3n) is 2.03. The van der Waals surface area contributed by atoms with Crippen molar-refractivity contribution in [2.24, 2.45) is 0 Å². The van der Waals surface area contributed by atoms with Gasteiger partial charge >= 0.3 is 0 Å². The molecule has 2 aromatic heterocycles. The summed E-state index contributed by atoms with van der Waals surface area (Å²) in [5.74, 6) is 0.986. The van der Waals surface area contributed by atoms with E-state index in [1.165, 1.54) is 0 Å². The van der Waals surface area contributed by atoms with Crippen LogP contribution in [0.4, 0.5) is 11.8 Å². The largest absolute Gasteiger partial charge is 0.384 e. The van der Waals surface area contributed by atoms with E-state index < -0.39 is 0 Å². The van der Waals surface area contributed by atoms with Crippen molar-refractivity contribution in [2.75, 3.05) is 11.1 Å². The van der Waals surface area contributed by atoms with Crippen LogP contribution in [0.1, 0.15) is 23.7 Å². The number of aromatic nitrogens is 3. The number of anilines is 2. The predicted octanol–water partition coefficient (Wildman–Crippen LogP) is 2.00. The van der Waals surface area contributed by atoms with Gasteiger partial charge in [0.1, 0.15) is 10.8 Å². The summed E-state index contributed by atoms with van der Waals surface area (Å²) in [5, 5.41) is 6.20. The molecular weight excluding hydrogens is 222 g/mol. The number of nitrogens with zero attached hydrogens (tertiary/aromatic N) is 3. The Morgan fingerprint density at radius 2 is 2.25 bits per heavy atom. The Bertz CT molecular complexity index is 482. The summed E-state index contributed by atoms with van der Waals surface area (Å²) in [6.45, 7) is 3.99. The van der Waals surface area contributed by atoms with Gasteiger partial charge < -0.3 is 11.1 Å². The molecule has 1 unspecified atom stereocenters. The Labute approximate surface area is 97.8 Å². The van der Waals surface area contributed by atoms with Gasteiger partial charge in [0.25, 0.3) is 0 Å². The Morgan fingerprint density at radius 3 is 2.88 bits per heavy atom. The molecule has 2 aromatic rings. The highest BCUT2D eigenvalue weighted by molar-refractivity contribution is 7.09. The highest BCUT2D eigenvalue weighted by Crippen LogP contribution is 2.20. The lowest BCUT2D eigenvalue weighted by atomic mass is 10.3. The maximum Gasteiger partial charge on any atom is 0.225 e. The second-order valence-electron chi connectivity index (χ2n) is 3.50. The zero-order chi connectivity index (χ0) is 11.5. The van der Waals surface area contributed by atoms with Crippen molar-refractivity contribution < 1.29 is 0 Å². The lowest BCUT2D eigenvalue weighted by molar-refractivity contribution is 0.844. The van der Waals surface area contributed by atoms with Crippen molar-refractivity contribution in [2.45, 2.75) is 19.9 Å². The Morgan fingerprint density at radius 1 is 1.44 bits per heavy atom. The van der Waals surface area contributed by atoms with Crippen LogP contribution in [0, 0.1) is 6.92 Å². The van der Waals surface area contributed by atoms with Gasteiger partial charge in [-0.2, -0.15) is 4.98 Å². The van der Waals surface area contributed by atoms with Crippen molar-refractivity contribution in [3.8, 4) is 0 Å². The van der Waals surface area contributed by atoms with Gasteiger partial charge in [-0.25, -0.2) is 9.97 Å². The minimum Gasteiger partial charge on any atom is -0.384 e. The van der Waals surface area contributed by atoms with Crippen molar-refractivity contribution in [3.63, 3.8) is 0 Å². The topological polar surface area (TPSA) is 76.7 Å². The molecule has 5 nitrogen and oxygen atoms in total. The fraction of sp³-hybridized carbons (Fsp3) is 0.300. The van der Waals surface area contributed by atoms with E-state index in [4.69, 9.17) is 5.73 Å². The number of nitrogens with two attached hydrogens (primary N) is 1. The first-order valence-electron chi connectivity index (χ1n) is 4.92. The number of aryl methyl sites for hydroxylation is 1. The van der Waals surface area contributed by atoms with Crippen LogP contribution < -0.4 is 11.1 Å². The van der Waals surface area contributed by atoms with Crippen molar-refractivity contribution in [3.05, 3.63) is 28.3 Å². The van der Waals surface area contributed by atoms with Gasteiger partial charge in [-0.1, -0.05) is 0 Å². The van der Waals surface area contributed by atoms with Crippen molar-refractivity contribution in [1.29, 1.82) is 0 Å². The molecule has 6 heteroatoms. The van der Waals surface area contributed by atoms with Crippen molar-refractivity contribution >= 4 is 23.1 Å². The van der Waals surface area contributed by atoms with E-state index in [1.54, 1.807) is 23.6 Å². The fourth-order valence-corrected chi connectivity index (χ4v) is 2.07. The first kappa shape index (κ1) is 10.8. The number of nitrogen functional groups attached to an aromatic ring is 1. The lowest BCUT2D eigenvalue weighted by Gasteiger charge is -2.10. The second-order valence-corrected chi connectivity index (χ2v) is 4.39. The molecule has 0 aliphatic heterocycles. The summed E-state index contributed by atoms with van der Waals surface area (Å²) in [4.78, 5) is 12.6. The van der Waals surface area contributed by atoms with Crippen LogP contribution >= 0.6 is 11.3 Å². The van der Waals surface area contributed by atoms with Gasteiger partial charge in [0.15, 0.2) is 0 Å². The number of nitrogens with one attached hydrogen (secondary N) is 1. The minimum absolute atomic E-state index is 0.0838. The first-order chi connectivity index (χ1) is 7.65. The van der Waals surface area contributed by atoms with Crippen molar-refractivity contribution in [1.82, 2.24) is 15.0 Å². The van der Waals surface area contributed by atoms with Gasteiger partial charge in [-0.3, -0.25) is 0 Å². The van der Waals surface area contributed by atoms with Crippen LogP contribution in [0.25, 0.3) is 0 Å². The molecule has 1 atom stereocenters. The molecule has 16 heavy (non-hydrogen) atoms. The molecule has 0 spiro atoms. The van der Waals surface area contributed by atoms with Gasteiger partial charge in [0, 0.05) is 17.3 Å². The summed E-state index contributed by atoms with van der Waals surface area (Å²) < 4.78 is 0. The maximum atomic E-state index is 5.57. The molecule has 0 fully saturated rings. The van der Waals surface area contributed by atoms with Crippen LogP contribution in [0.15, 0.2) is 17.6 Å². The number of hydrogen-bond acceptors (Lipinski definition) is 6. The third-order valence-corrected chi connectivity index (χ3v) is 3.18. The molecule has 2 heterocycles. The van der Waals surface area contributed by atoms with Crippen LogP contribution in [0.3, 0.4) is 0 Å². The summed E-state index contributed by atoms with van der Waals surface area (Å²) in [7, 11) is 0. The molecule has 0 radical (unpaired) electrons. The van der Waals surface area contributed by atoms with E-state index in [0.29, 0.717) is 11.8 Å². The normalized spacial score (nSPS) is 12.4. The molecule has 0 aliphatic carbocycles.